The third-order valence-electron chi connectivity index (χ3n) is 2.36. The lowest BCUT2D eigenvalue weighted by Crippen LogP contribution is -2.08. The quantitative estimate of drug-likeness (QED) is 0.543. The van der Waals surface area contributed by atoms with Gasteiger partial charge in [-0.25, -0.2) is 0 Å². The second-order valence-corrected chi connectivity index (χ2v) is 3.24. The lowest BCUT2D eigenvalue weighted by molar-refractivity contribution is -0.384. The van der Waals surface area contributed by atoms with E-state index in [0.29, 0.717) is 11.3 Å². The molecule has 0 aromatic heterocycles. The van der Waals surface area contributed by atoms with Crippen LogP contribution in [0.25, 0.3) is 0 Å². The summed E-state index contributed by atoms with van der Waals surface area (Å²) >= 11 is 0. The number of nitro benzene ring substituents is 1. The lowest BCUT2D eigenvalue weighted by atomic mass is 10.0. The van der Waals surface area contributed by atoms with Crippen LogP contribution >= 0.6 is 0 Å². The predicted molar refractivity (Wildman–Crippen MR) is 50.1 cm³/mol. The normalized spacial score (nSPS) is 18.9. The summed E-state index contributed by atoms with van der Waals surface area (Å²) in [4.78, 5) is 21.3. The fourth-order valence-corrected chi connectivity index (χ4v) is 1.52. The summed E-state index contributed by atoms with van der Waals surface area (Å²) < 4.78 is 0. The zero-order chi connectivity index (χ0) is 10.3. The highest BCUT2D eigenvalue weighted by atomic mass is 16.6. The molecule has 0 radical (unpaired) electrons. The minimum absolute atomic E-state index is 0.0205. The maximum absolute atomic E-state index is 11.2. The molecular formula is C9H8N2O3. The largest absolute Gasteiger partial charge is 0.325 e. The van der Waals surface area contributed by atoms with Gasteiger partial charge in [-0.3, -0.25) is 14.9 Å². The van der Waals surface area contributed by atoms with Crippen LogP contribution in [-0.2, 0) is 4.79 Å². The standard InChI is InChI=1S/C9H8N2O3/c1-5-7-4-6(11(13)14)2-3-8(7)10-9(5)12/h2-5H,1H3,(H,10,12)/t5-/m0/s1. The van der Waals surface area contributed by atoms with Gasteiger partial charge in [0.05, 0.1) is 10.8 Å². The van der Waals surface area contributed by atoms with Crippen LogP contribution in [0.1, 0.15) is 18.4 Å². The lowest BCUT2D eigenvalue weighted by Gasteiger charge is -1.99. The molecule has 1 N–H and O–H groups in total. The van der Waals surface area contributed by atoms with Crippen LogP contribution < -0.4 is 5.32 Å². The third-order valence-corrected chi connectivity index (χ3v) is 2.36. The summed E-state index contributed by atoms with van der Waals surface area (Å²) in [5.41, 5.74) is 1.39. The van der Waals surface area contributed by atoms with Crippen LogP contribution in [0.5, 0.6) is 0 Å². The van der Waals surface area contributed by atoms with Crippen LogP contribution in [-0.4, -0.2) is 10.8 Å². The van der Waals surface area contributed by atoms with Gasteiger partial charge in [-0.2, -0.15) is 0 Å². The molecule has 0 aliphatic carbocycles. The van der Waals surface area contributed by atoms with Crippen molar-refractivity contribution in [2.45, 2.75) is 12.8 Å². The van der Waals surface area contributed by atoms with Gasteiger partial charge >= 0.3 is 0 Å². The zero-order valence-electron chi connectivity index (χ0n) is 7.48. The molecule has 5 heteroatoms. The van der Waals surface area contributed by atoms with Gasteiger partial charge in [-0.05, 0) is 18.6 Å². The topological polar surface area (TPSA) is 72.2 Å². The summed E-state index contributed by atoms with van der Waals surface area (Å²) in [7, 11) is 0. The Labute approximate surface area is 79.9 Å². The third kappa shape index (κ3) is 1.14. The highest BCUT2D eigenvalue weighted by Gasteiger charge is 2.27. The van der Waals surface area contributed by atoms with Crippen molar-refractivity contribution in [2.75, 3.05) is 5.32 Å². The van der Waals surface area contributed by atoms with Gasteiger partial charge < -0.3 is 5.32 Å². The number of benzene rings is 1. The molecule has 1 aromatic carbocycles. The van der Waals surface area contributed by atoms with Crippen LogP contribution in [0.2, 0.25) is 0 Å². The van der Waals surface area contributed by atoms with E-state index in [2.05, 4.69) is 5.32 Å². The number of nitro groups is 1. The van der Waals surface area contributed by atoms with Gasteiger partial charge in [0, 0.05) is 17.8 Å². The molecule has 1 atom stereocenters. The Bertz CT molecular complexity index is 428. The van der Waals surface area contributed by atoms with Crippen LogP contribution in [0.4, 0.5) is 11.4 Å². The predicted octanol–water partition coefficient (Wildman–Crippen LogP) is 1.65. The molecule has 1 aliphatic rings. The van der Waals surface area contributed by atoms with E-state index in [1.165, 1.54) is 12.1 Å². The molecule has 0 spiro atoms. The summed E-state index contributed by atoms with van der Waals surface area (Å²) in [5.74, 6) is -0.412. The van der Waals surface area contributed by atoms with Crippen molar-refractivity contribution in [1.82, 2.24) is 0 Å². The number of non-ortho nitro benzene ring substituents is 1. The minimum atomic E-state index is -0.463. The van der Waals surface area contributed by atoms with E-state index in [4.69, 9.17) is 0 Å². The minimum Gasteiger partial charge on any atom is -0.325 e. The number of nitrogens with one attached hydrogen (secondary N) is 1. The van der Waals surface area contributed by atoms with Gasteiger partial charge in [0.1, 0.15) is 0 Å². The van der Waals surface area contributed by atoms with E-state index in [9.17, 15) is 14.9 Å². The van der Waals surface area contributed by atoms with E-state index in [1.54, 1.807) is 13.0 Å². The highest BCUT2D eigenvalue weighted by molar-refractivity contribution is 6.02. The molecular weight excluding hydrogens is 184 g/mol. The van der Waals surface area contributed by atoms with Crippen LogP contribution in [0, 0.1) is 10.1 Å². The van der Waals surface area contributed by atoms with Crippen molar-refractivity contribution in [3.8, 4) is 0 Å². The molecule has 0 bridgehead atoms. The molecule has 0 saturated heterocycles. The van der Waals surface area contributed by atoms with Crippen LogP contribution in [0.15, 0.2) is 18.2 Å². The zero-order valence-corrected chi connectivity index (χ0v) is 7.48. The average Bonchev–Trinajstić information content (AvgIpc) is 2.43. The van der Waals surface area contributed by atoms with Crippen molar-refractivity contribution in [2.24, 2.45) is 0 Å². The van der Waals surface area contributed by atoms with Crippen molar-refractivity contribution < 1.29 is 9.72 Å². The van der Waals surface area contributed by atoms with Crippen LogP contribution in [0.3, 0.4) is 0 Å². The fraction of sp³-hybridized carbons (Fsp3) is 0.222. The fourth-order valence-electron chi connectivity index (χ4n) is 1.52. The molecule has 0 fully saturated rings. The first-order chi connectivity index (χ1) is 6.59. The Morgan fingerprint density at radius 1 is 1.50 bits per heavy atom. The number of hydrogen-bond acceptors (Lipinski definition) is 3. The molecule has 14 heavy (non-hydrogen) atoms. The van der Waals surface area contributed by atoms with Crippen molar-refractivity contribution in [3.63, 3.8) is 0 Å². The Kier molecular flexibility index (Phi) is 1.73. The highest BCUT2D eigenvalue weighted by Crippen LogP contribution is 2.34. The van der Waals surface area contributed by atoms with E-state index in [0.717, 1.165) is 0 Å². The number of fused-ring (bicyclic) bond motifs is 1. The summed E-state index contributed by atoms with van der Waals surface area (Å²) in [6.07, 6.45) is 0. The van der Waals surface area contributed by atoms with E-state index in [-0.39, 0.29) is 17.5 Å². The number of carbonyl (C=O) groups is 1. The van der Waals surface area contributed by atoms with E-state index >= 15 is 0 Å². The van der Waals surface area contributed by atoms with Crippen molar-refractivity contribution in [3.05, 3.63) is 33.9 Å². The van der Waals surface area contributed by atoms with Gasteiger partial charge in [-0.15, -0.1) is 0 Å². The smallest absolute Gasteiger partial charge is 0.269 e. The maximum Gasteiger partial charge on any atom is 0.269 e. The summed E-state index contributed by atoms with van der Waals surface area (Å²) in [6.45, 7) is 1.73. The molecule has 0 saturated carbocycles. The molecule has 1 amide bonds. The Morgan fingerprint density at radius 2 is 2.21 bits per heavy atom. The van der Waals surface area contributed by atoms with Crippen molar-refractivity contribution >= 4 is 17.3 Å². The molecule has 1 aromatic rings. The molecule has 72 valence electrons. The second-order valence-electron chi connectivity index (χ2n) is 3.24. The second kappa shape index (κ2) is 2.80. The van der Waals surface area contributed by atoms with Gasteiger partial charge in [0.15, 0.2) is 0 Å². The number of nitrogens with zero attached hydrogens (tertiary/aromatic N) is 1. The number of amides is 1. The summed E-state index contributed by atoms with van der Waals surface area (Å²) in [5, 5.41) is 13.1. The molecule has 1 aliphatic heterocycles. The number of rotatable bonds is 1. The number of carbonyl (C=O) groups excluding carboxylic acids is 1. The monoisotopic (exact) mass is 192 g/mol. The number of hydrogen-bond donors (Lipinski definition) is 1. The number of anilines is 1. The molecule has 0 unspecified atom stereocenters. The first kappa shape index (κ1) is 8.68. The molecule has 1 heterocycles. The maximum atomic E-state index is 11.2. The molecule has 2 rings (SSSR count). The van der Waals surface area contributed by atoms with Gasteiger partial charge in [0.2, 0.25) is 5.91 Å². The summed E-state index contributed by atoms with van der Waals surface area (Å²) in [6, 6.07) is 4.39. The average molecular weight is 192 g/mol. The molecule has 5 nitrogen and oxygen atoms in total. The SMILES string of the molecule is C[C@@H]1C(=O)Nc2ccc([N+](=O)[O-])cc21. The van der Waals surface area contributed by atoms with E-state index in [1.807, 2.05) is 0 Å². The Hall–Kier alpha value is -1.91. The van der Waals surface area contributed by atoms with Gasteiger partial charge in [0.25, 0.3) is 5.69 Å². The van der Waals surface area contributed by atoms with Gasteiger partial charge in [-0.1, -0.05) is 0 Å². The van der Waals surface area contributed by atoms with E-state index < -0.39 is 4.92 Å². The Morgan fingerprint density at radius 3 is 2.86 bits per heavy atom. The van der Waals surface area contributed by atoms with Crippen molar-refractivity contribution in [1.29, 1.82) is 0 Å². The Balaban J connectivity index is 2.51. The first-order valence-electron chi connectivity index (χ1n) is 4.19. The first-order valence-corrected chi connectivity index (χ1v) is 4.19.